The molecule has 0 aromatic heterocycles. The van der Waals surface area contributed by atoms with Crippen molar-refractivity contribution >= 4 is 5.91 Å². The number of amides is 1. The van der Waals surface area contributed by atoms with Gasteiger partial charge in [0.2, 0.25) is 0 Å². The molecule has 0 unspecified atom stereocenters. The molecule has 0 heterocycles. The van der Waals surface area contributed by atoms with Crippen molar-refractivity contribution in [3.8, 4) is 11.5 Å². The molecule has 4 heteroatoms. The normalized spacial score (nSPS) is 13.6. The molecule has 0 saturated heterocycles. The van der Waals surface area contributed by atoms with Gasteiger partial charge in [-0.2, -0.15) is 0 Å². The highest BCUT2D eigenvalue weighted by Crippen LogP contribution is 2.18. The van der Waals surface area contributed by atoms with Gasteiger partial charge >= 0.3 is 0 Å². The first kappa shape index (κ1) is 14.4. The largest absolute Gasteiger partial charge is 0.497 e. The van der Waals surface area contributed by atoms with Gasteiger partial charge in [-0.1, -0.05) is 6.92 Å². The molecule has 18 heavy (non-hydrogen) atoms. The van der Waals surface area contributed by atoms with E-state index in [2.05, 4.69) is 5.32 Å². The Bertz CT molecular complexity index is 375. The zero-order valence-electron chi connectivity index (χ0n) is 11.4. The van der Waals surface area contributed by atoms with E-state index in [9.17, 15) is 4.79 Å². The predicted octanol–water partition coefficient (Wildman–Crippen LogP) is 2.38. The van der Waals surface area contributed by atoms with Gasteiger partial charge in [0, 0.05) is 6.04 Å². The minimum atomic E-state index is -0.507. The van der Waals surface area contributed by atoms with Crippen molar-refractivity contribution in [2.24, 2.45) is 0 Å². The number of ether oxygens (including phenoxy) is 2. The molecule has 0 aliphatic rings. The second kappa shape index (κ2) is 6.89. The lowest BCUT2D eigenvalue weighted by molar-refractivity contribution is -0.127. The maximum atomic E-state index is 11.8. The Morgan fingerprint density at radius 3 is 2.28 bits per heavy atom. The molecule has 0 fully saturated rings. The Morgan fingerprint density at radius 2 is 1.78 bits per heavy atom. The van der Waals surface area contributed by atoms with Crippen LogP contribution in [0, 0.1) is 0 Å². The minimum absolute atomic E-state index is 0.0971. The highest BCUT2D eigenvalue weighted by atomic mass is 16.5. The van der Waals surface area contributed by atoms with Crippen LogP contribution in [-0.2, 0) is 4.79 Å². The molecular formula is C14H21NO3. The number of hydrogen-bond donors (Lipinski definition) is 1. The third-order valence-corrected chi connectivity index (χ3v) is 2.74. The van der Waals surface area contributed by atoms with Crippen LogP contribution in [0.2, 0.25) is 0 Å². The van der Waals surface area contributed by atoms with Crippen LogP contribution in [0.1, 0.15) is 27.2 Å². The number of benzene rings is 1. The highest BCUT2D eigenvalue weighted by molar-refractivity contribution is 5.80. The molecule has 1 rings (SSSR count). The Balaban J connectivity index is 2.52. The first-order valence-electron chi connectivity index (χ1n) is 6.18. The van der Waals surface area contributed by atoms with E-state index in [4.69, 9.17) is 9.47 Å². The zero-order chi connectivity index (χ0) is 13.5. The van der Waals surface area contributed by atoms with Gasteiger partial charge < -0.3 is 14.8 Å². The Kier molecular flexibility index (Phi) is 5.49. The van der Waals surface area contributed by atoms with Gasteiger partial charge in [-0.15, -0.1) is 0 Å². The molecule has 4 nitrogen and oxygen atoms in total. The second-order valence-electron chi connectivity index (χ2n) is 4.25. The van der Waals surface area contributed by atoms with Crippen LogP contribution in [0.3, 0.4) is 0 Å². The maximum Gasteiger partial charge on any atom is 0.260 e. The molecule has 0 aliphatic carbocycles. The first-order valence-corrected chi connectivity index (χ1v) is 6.18. The molecule has 0 aliphatic heterocycles. The Morgan fingerprint density at radius 1 is 1.22 bits per heavy atom. The third kappa shape index (κ3) is 4.28. The van der Waals surface area contributed by atoms with Crippen molar-refractivity contribution in [1.82, 2.24) is 5.32 Å². The van der Waals surface area contributed by atoms with Crippen molar-refractivity contribution in [2.45, 2.75) is 39.3 Å². The molecular weight excluding hydrogens is 230 g/mol. The smallest absolute Gasteiger partial charge is 0.260 e. The molecule has 100 valence electrons. The predicted molar refractivity (Wildman–Crippen MR) is 71.0 cm³/mol. The standard InChI is InChI=1S/C14H21NO3/c1-5-10(2)15-14(16)11(3)18-13-8-6-12(17-4)7-9-13/h6-11H,5H2,1-4H3,(H,15,16)/t10-,11-/m0/s1. The zero-order valence-corrected chi connectivity index (χ0v) is 11.4. The highest BCUT2D eigenvalue weighted by Gasteiger charge is 2.15. The van der Waals surface area contributed by atoms with E-state index in [0.717, 1.165) is 12.2 Å². The van der Waals surface area contributed by atoms with Gasteiger partial charge in [-0.3, -0.25) is 4.79 Å². The Labute approximate surface area is 108 Å². The van der Waals surface area contributed by atoms with Gasteiger partial charge in [0.05, 0.1) is 7.11 Å². The Hall–Kier alpha value is -1.71. The molecule has 0 spiro atoms. The summed E-state index contributed by atoms with van der Waals surface area (Å²) >= 11 is 0. The third-order valence-electron chi connectivity index (χ3n) is 2.74. The summed E-state index contributed by atoms with van der Waals surface area (Å²) in [5.41, 5.74) is 0. The topological polar surface area (TPSA) is 47.6 Å². The number of nitrogens with one attached hydrogen (secondary N) is 1. The SMILES string of the molecule is CC[C@H](C)NC(=O)[C@H](C)Oc1ccc(OC)cc1. The van der Waals surface area contributed by atoms with E-state index in [0.29, 0.717) is 5.75 Å². The first-order chi connectivity index (χ1) is 8.56. The van der Waals surface area contributed by atoms with E-state index >= 15 is 0 Å². The summed E-state index contributed by atoms with van der Waals surface area (Å²) in [6.07, 6.45) is 0.397. The van der Waals surface area contributed by atoms with Crippen LogP contribution in [0.15, 0.2) is 24.3 Å². The van der Waals surface area contributed by atoms with E-state index < -0.39 is 6.10 Å². The van der Waals surface area contributed by atoms with Crippen LogP contribution in [-0.4, -0.2) is 25.2 Å². The molecule has 0 saturated carbocycles. The summed E-state index contributed by atoms with van der Waals surface area (Å²) in [5.74, 6) is 1.32. The van der Waals surface area contributed by atoms with Crippen LogP contribution >= 0.6 is 0 Å². The van der Waals surface area contributed by atoms with E-state index in [1.165, 1.54) is 0 Å². The van der Waals surface area contributed by atoms with Gasteiger partial charge in [-0.25, -0.2) is 0 Å². The monoisotopic (exact) mass is 251 g/mol. The summed E-state index contributed by atoms with van der Waals surface area (Å²) in [6, 6.07) is 7.33. The van der Waals surface area contributed by atoms with Crippen molar-refractivity contribution in [3.05, 3.63) is 24.3 Å². The summed E-state index contributed by atoms with van der Waals surface area (Å²) < 4.78 is 10.6. The van der Waals surface area contributed by atoms with Crippen molar-refractivity contribution in [3.63, 3.8) is 0 Å². The van der Waals surface area contributed by atoms with Gasteiger partial charge in [0.1, 0.15) is 11.5 Å². The summed E-state index contributed by atoms with van der Waals surface area (Å²) in [7, 11) is 1.61. The van der Waals surface area contributed by atoms with Crippen LogP contribution in [0.5, 0.6) is 11.5 Å². The molecule has 2 atom stereocenters. The fourth-order valence-corrected chi connectivity index (χ4v) is 1.37. The number of hydrogen-bond acceptors (Lipinski definition) is 3. The fraction of sp³-hybridized carbons (Fsp3) is 0.500. The van der Waals surface area contributed by atoms with Crippen LogP contribution in [0.25, 0.3) is 0 Å². The van der Waals surface area contributed by atoms with E-state index in [-0.39, 0.29) is 11.9 Å². The summed E-state index contributed by atoms with van der Waals surface area (Å²) in [5, 5.41) is 2.88. The van der Waals surface area contributed by atoms with Gasteiger partial charge in [0.15, 0.2) is 6.10 Å². The average molecular weight is 251 g/mol. The quantitative estimate of drug-likeness (QED) is 0.844. The lowest BCUT2D eigenvalue weighted by Gasteiger charge is -2.17. The molecule has 0 bridgehead atoms. The lowest BCUT2D eigenvalue weighted by atomic mass is 10.2. The number of rotatable bonds is 6. The number of carbonyl (C=O) groups is 1. The summed E-state index contributed by atoms with van der Waals surface area (Å²) in [6.45, 7) is 5.74. The molecule has 1 aromatic carbocycles. The molecule has 1 aromatic rings. The van der Waals surface area contributed by atoms with Crippen LogP contribution < -0.4 is 14.8 Å². The van der Waals surface area contributed by atoms with E-state index in [1.807, 2.05) is 13.8 Å². The summed E-state index contributed by atoms with van der Waals surface area (Å²) in [4.78, 5) is 11.8. The number of methoxy groups -OCH3 is 1. The van der Waals surface area contributed by atoms with Crippen molar-refractivity contribution in [1.29, 1.82) is 0 Å². The number of carbonyl (C=O) groups excluding carboxylic acids is 1. The maximum absolute atomic E-state index is 11.8. The molecule has 0 radical (unpaired) electrons. The van der Waals surface area contributed by atoms with Crippen molar-refractivity contribution in [2.75, 3.05) is 7.11 Å². The minimum Gasteiger partial charge on any atom is -0.497 e. The fourth-order valence-electron chi connectivity index (χ4n) is 1.37. The second-order valence-corrected chi connectivity index (χ2v) is 4.25. The van der Waals surface area contributed by atoms with Gasteiger partial charge in [0.25, 0.3) is 5.91 Å². The molecule has 1 amide bonds. The molecule has 1 N–H and O–H groups in total. The average Bonchev–Trinajstić information content (AvgIpc) is 2.39. The van der Waals surface area contributed by atoms with Gasteiger partial charge in [-0.05, 0) is 44.5 Å². The van der Waals surface area contributed by atoms with E-state index in [1.54, 1.807) is 38.3 Å². The lowest BCUT2D eigenvalue weighted by Crippen LogP contribution is -2.40. The van der Waals surface area contributed by atoms with Crippen LogP contribution in [0.4, 0.5) is 0 Å². The van der Waals surface area contributed by atoms with Crippen molar-refractivity contribution < 1.29 is 14.3 Å².